The molecule has 3 N–H and O–H groups in total. The number of carbonyl (C=O) groups excluding carboxylic acids is 1. The van der Waals surface area contributed by atoms with E-state index in [1.54, 1.807) is 0 Å². The average molecular weight is 467 g/mol. The molecule has 31 heavy (non-hydrogen) atoms. The van der Waals surface area contributed by atoms with Crippen LogP contribution in [0.1, 0.15) is 54.5 Å². The predicted molar refractivity (Wildman–Crippen MR) is 116 cm³/mol. The number of urea groups is 1. The summed E-state index contributed by atoms with van der Waals surface area (Å²) in [4.78, 5) is 12.2. The first-order chi connectivity index (χ1) is 14.5. The van der Waals surface area contributed by atoms with Crippen molar-refractivity contribution in [3.05, 3.63) is 56.9 Å². The van der Waals surface area contributed by atoms with E-state index >= 15 is 0 Å². The summed E-state index contributed by atoms with van der Waals surface area (Å²) in [5.74, 6) is -0.825. The Morgan fingerprint density at radius 2 is 1.58 bits per heavy atom. The first-order valence-electron chi connectivity index (χ1n) is 10.2. The number of sulfonamides is 1. The van der Waals surface area contributed by atoms with E-state index in [4.69, 9.17) is 11.6 Å². The molecular weight excluding hydrogens is 443 g/mol. The molecule has 9 heteroatoms. The quantitative estimate of drug-likeness (QED) is 0.629. The molecule has 0 unspecified atom stereocenters. The van der Waals surface area contributed by atoms with Gasteiger partial charge < -0.3 is 10.4 Å². The Balaban J connectivity index is 1.63. The van der Waals surface area contributed by atoms with E-state index in [9.17, 15) is 22.7 Å². The Bertz CT molecular complexity index is 1150. The first-order valence-corrected chi connectivity index (χ1v) is 12.1. The largest absolute Gasteiger partial charge is 0.386 e. The summed E-state index contributed by atoms with van der Waals surface area (Å²) in [5.41, 5.74) is 3.27. The SMILES string of the molecule is CC(C)(O)c1cc(F)cc(S(=O)(=O)NC(=O)Nc2c3c(c(Cl)c4c2CCC4)CCC3)c1. The fourth-order valence-electron chi connectivity index (χ4n) is 4.43. The maximum Gasteiger partial charge on any atom is 0.333 e. The predicted octanol–water partition coefficient (Wildman–Crippen LogP) is 4.19. The van der Waals surface area contributed by atoms with Crippen molar-refractivity contribution in [2.24, 2.45) is 0 Å². The third kappa shape index (κ3) is 4.16. The number of anilines is 1. The Morgan fingerprint density at radius 3 is 2.13 bits per heavy atom. The van der Waals surface area contributed by atoms with E-state index in [1.165, 1.54) is 13.8 Å². The number of amides is 2. The van der Waals surface area contributed by atoms with Crippen molar-refractivity contribution < 1.29 is 22.7 Å². The maximum atomic E-state index is 14.0. The van der Waals surface area contributed by atoms with Gasteiger partial charge in [0.2, 0.25) is 0 Å². The third-order valence-corrected chi connectivity index (χ3v) is 7.69. The van der Waals surface area contributed by atoms with Gasteiger partial charge in [-0.15, -0.1) is 0 Å². The molecule has 0 fully saturated rings. The zero-order chi connectivity index (χ0) is 22.6. The summed E-state index contributed by atoms with van der Waals surface area (Å²) in [6.07, 6.45) is 5.05. The van der Waals surface area contributed by atoms with E-state index in [2.05, 4.69) is 5.32 Å². The highest BCUT2D eigenvalue weighted by atomic mass is 35.5. The fourth-order valence-corrected chi connectivity index (χ4v) is 5.81. The highest BCUT2D eigenvalue weighted by molar-refractivity contribution is 7.90. The van der Waals surface area contributed by atoms with Crippen LogP contribution in [0.3, 0.4) is 0 Å². The summed E-state index contributed by atoms with van der Waals surface area (Å²) in [6.45, 7) is 2.83. The van der Waals surface area contributed by atoms with E-state index in [-0.39, 0.29) is 5.56 Å². The molecule has 0 radical (unpaired) electrons. The second kappa shape index (κ2) is 7.76. The van der Waals surface area contributed by atoms with Gasteiger partial charge in [-0.05, 0) is 98.4 Å². The molecular formula is C22H24ClFN2O4S. The number of benzene rings is 2. The highest BCUT2D eigenvalue weighted by Gasteiger charge is 2.30. The third-order valence-electron chi connectivity index (χ3n) is 5.92. The zero-order valence-electron chi connectivity index (χ0n) is 17.3. The molecule has 0 atom stereocenters. The summed E-state index contributed by atoms with van der Waals surface area (Å²) < 4.78 is 41.4. The van der Waals surface area contributed by atoms with Gasteiger partial charge in [0.05, 0.1) is 10.5 Å². The van der Waals surface area contributed by atoms with Gasteiger partial charge in [-0.25, -0.2) is 22.3 Å². The van der Waals surface area contributed by atoms with Crippen molar-refractivity contribution in [3.8, 4) is 0 Å². The van der Waals surface area contributed by atoms with Gasteiger partial charge in [-0.3, -0.25) is 0 Å². The minimum Gasteiger partial charge on any atom is -0.386 e. The van der Waals surface area contributed by atoms with Crippen molar-refractivity contribution in [3.63, 3.8) is 0 Å². The topological polar surface area (TPSA) is 95.5 Å². The molecule has 2 aromatic carbocycles. The van der Waals surface area contributed by atoms with Crippen LogP contribution in [0.25, 0.3) is 0 Å². The molecule has 0 spiro atoms. The average Bonchev–Trinajstić information content (AvgIpc) is 3.33. The van der Waals surface area contributed by atoms with Crippen LogP contribution < -0.4 is 10.0 Å². The molecule has 166 valence electrons. The summed E-state index contributed by atoms with van der Waals surface area (Å²) in [6, 6.07) is 2.10. The minimum absolute atomic E-state index is 0.0848. The van der Waals surface area contributed by atoms with Gasteiger partial charge in [-0.1, -0.05) is 11.6 Å². The second-order valence-corrected chi connectivity index (χ2v) is 10.7. The molecule has 2 aliphatic carbocycles. The van der Waals surface area contributed by atoms with Crippen molar-refractivity contribution in [1.29, 1.82) is 0 Å². The van der Waals surface area contributed by atoms with Gasteiger partial charge in [0, 0.05) is 10.7 Å². The van der Waals surface area contributed by atoms with E-state index in [0.717, 1.165) is 84.0 Å². The van der Waals surface area contributed by atoms with Crippen LogP contribution in [-0.2, 0) is 41.3 Å². The summed E-state index contributed by atoms with van der Waals surface area (Å²) in [5, 5.41) is 13.6. The van der Waals surface area contributed by atoms with Gasteiger partial charge >= 0.3 is 6.03 Å². The number of nitrogens with one attached hydrogen (secondary N) is 2. The monoisotopic (exact) mass is 466 g/mol. The molecule has 0 bridgehead atoms. The lowest BCUT2D eigenvalue weighted by Crippen LogP contribution is -2.35. The van der Waals surface area contributed by atoms with Gasteiger partial charge in [0.15, 0.2) is 0 Å². The number of rotatable bonds is 4. The van der Waals surface area contributed by atoms with Crippen LogP contribution in [0.2, 0.25) is 5.02 Å². The number of fused-ring (bicyclic) bond motifs is 2. The number of hydrogen-bond acceptors (Lipinski definition) is 4. The van der Waals surface area contributed by atoms with Crippen LogP contribution in [0.4, 0.5) is 14.9 Å². The van der Waals surface area contributed by atoms with Crippen LogP contribution in [0.15, 0.2) is 23.1 Å². The maximum absolute atomic E-state index is 14.0. The van der Waals surface area contributed by atoms with Gasteiger partial charge in [-0.2, -0.15) is 0 Å². The van der Waals surface area contributed by atoms with E-state index in [1.807, 2.05) is 4.72 Å². The lowest BCUT2D eigenvalue weighted by Gasteiger charge is -2.20. The first kappa shape index (κ1) is 22.0. The molecule has 0 saturated heterocycles. The summed E-state index contributed by atoms with van der Waals surface area (Å²) in [7, 11) is -4.36. The highest BCUT2D eigenvalue weighted by Crippen LogP contribution is 2.44. The van der Waals surface area contributed by atoms with Crippen LogP contribution >= 0.6 is 11.6 Å². The van der Waals surface area contributed by atoms with E-state index < -0.39 is 32.4 Å². The molecule has 2 aliphatic rings. The van der Waals surface area contributed by atoms with Crippen molar-refractivity contribution in [2.45, 2.75) is 62.9 Å². The minimum atomic E-state index is -4.36. The van der Waals surface area contributed by atoms with Gasteiger partial charge in [0.25, 0.3) is 10.0 Å². The van der Waals surface area contributed by atoms with Gasteiger partial charge in [0.1, 0.15) is 5.82 Å². The zero-order valence-corrected chi connectivity index (χ0v) is 18.9. The number of hydrogen-bond donors (Lipinski definition) is 3. The smallest absolute Gasteiger partial charge is 0.333 e. The van der Waals surface area contributed by atoms with Crippen molar-refractivity contribution >= 4 is 33.3 Å². The van der Waals surface area contributed by atoms with Crippen LogP contribution in [0.5, 0.6) is 0 Å². The number of carbonyl (C=O) groups is 1. The number of halogens is 2. The van der Waals surface area contributed by atoms with Crippen molar-refractivity contribution in [2.75, 3.05) is 5.32 Å². The second-order valence-electron chi connectivity index (χ2n) is 8.60. The lowest BCUT2D eigenvalue weighted by molar-refractivity contribution is 0.0780. The number of aliphatic hydroxyl groups is 1. The Hall–Kier alpha value is -2.16. The molecule has 0 aliphatic heterocycles. The lowest BCUT2D eigenvalue weighted by atomic mass is 9.98. The van der Waals surface area contributed by atoms with E-state index in [0.29, 0.717) is 5.69 Å². The molecule has 4 rings (SSSR count). The Labute approximate surface area is 185 Å². The van der Waals surface area contributed by atoms with Crippen molar-refractivity contribution in [1.82, 2.24) is 4.72 Å². The molecule has 2 aromatic rings. The molecule has 0 heterocycles. The van der Waals surface area contributed by atoms with Crippen LogP contribution in [-0.4, -0.2) is 19.6 Å². The Kier molecular flexibility index (Phi) is 5.52. The Morgan fingerprint density at radius 1 is 1.03 bits per heavy atom. The molecule has 2 amide bonds. The molecule has 0 saturated carbocycles. The normalized spacial score (nSPS) is 15.5. The standard InChI is InChI=1S/C22H24ClFN2O4S/c1-22(2,28)12-9-13(24)11-14(10-12)31(29,30)26-21(27)25-20-17-7-3-5-15(17)19(23)16-6-4-8-18(16)20/h9-11,28H,3-8H2,1-2H3,(H2,25,26,27). The molecule has 0 aromatic heterocycles. The molecule has 6 nitrogen and oxygen atoms in total. The summed E-state index contributed by atoms with van der Waals surface area (Å²) >= 11 is 6.58. The van der Waals surface area contributed by atoms with Crippen LogP contribution in [0, 0.1) is 5.82 Å². The fraction of sp³-hybridized carbons (Fsp3) is 0.409.